The number of hydrogen-bond acceptors (Lipinski definition) is 2. The van der Waals surface area contributed by atoms with Crippen LogP contribution in [0, 0.1) is 11.7 Å². The van der Waals surface area contributed by atoms with Crippen LogP contribution >= 0.6 is 0 Å². The van der Waals surface area contributed by atoms with Crippen LogP contribution in [0.4, 0.5) is 0 Å². The fourth-order valence-corrected chi connectivity index (χ4v) is 4.80. The lowest BCUT2D eigenvalue weighted by molar-refractivity contribution is 0.00370. The van der Waals surface area contributed by atoms with Gasteiger partial charge in [0.1, 0.15) is 11.2 Å². The zero-order valence-corrected chi connectivity index (χ0v) is 17.9. The average molecular weight is 414 g/mol. The topological polar surface area (TPSA) is 18.5 Å². The highest BCUT2D eigenvalue weighted by Gasteiger charge is 2.65. The van der Waals surface area contributed by atoms with E-state index in [-0.39, 0.29) is 0 Å². The molecule has 0 aromatic heterocycles. The van der Waals surface area contributed by atoms with Gasteiger partial charge in [-0.05, 0) is 29.2 Å². The minimum absolute atomic E-state index is 0.694. The van der Waals surface area contributed by atoms with E-state index in [0.29, 0.717) is 0 Å². The van der Waals surface area contributed by atoms with Crippen molar-refractivity contribution in [1.82, 2.24) is 0 Å². The summed E-state index contributed by atoms with van der Waals surface area (Å²) in [6.07, 6.45) is 0. The van der Waals surface area contributed by atoms with E-state index in [2.05, 4.69) is 60.3 Å². The molecule has 0 atom stereocenters. The second-order valence-corrected chi connectivity index (χ2v) is 7.79. The van der Waals surface area contributed by atoms with Crippen LogP contribution in [0.1, 0.15) is 29.2 Å². The summed E-state index contributed by atoms with van der Waals surface area (Å²) in [5, 5.41) is 0. The van der Waals surface area contributed by atoms with Gasteiger partial charge in [0.05, 0.1) is 0 Å². The predicted octanol–water partition coefficient (Wildman–Crippen LogP) is 5.97. The van der Waals surface area contributed by atoms with Crippen LogP contribution in [0.15, 0.2) is 121 Å². The highest BCUT2D eigenvalue weighted by molar-refractivity contribution is 6.55. The van der Waals surface area contributed by atoms with Crippen molar-refractivity contribution in [3.05, 3.63) is 144 Å². The van der Waals surface area contributed by atoms with Crippen molar-refractivity contribution >= 4 is 7.12 Å². The summed E-state index contributed by atoms with van der Waals surface area (Å²) < 4.78 is 13.8. The zero-order valence-electron chi connectivity index (χ0n) is 17.9. The monoisotopic (exact) mass is 414 g/mol. The average Bonchev–Trinajstić information content (AvgIpc) is 3.23. The van der Waals surface area contributed by atoms with Crippen LogP contribution in [0.25, 0.3) is 0 Å². The summed E-state index contributed by atoms with van der Waals surface area (Å²) >= 11 is 0. The molecule has 4 aromatic rings. The van der Waals surface area contributed by atoms with Gasteiger partial charge in [-0.3, -0.25) is 0 Å². The molecule has 0 N–H and O–H groups in total. The summed E-state index contributed by atoms with van der Waals surface area (Å²) in [7, 11) is -0.694. The lowest BCUT2D eigenvalue weighted by Gasteiger charge is -2.45. The predicted molar refractivity (Wildman–Crippen MR) is 129 cm³/mol. The van der Waals surface area contributed by atoms with Gasteiger partial charge >= 0.3 is 7.12 Å². The third-order valence-corrected chi connectivity index (χ3v) is 6.05. The fourth-order valence-electron chi connectivity index (χ4n) is 4.80. The Morgan fingerprint density at radius 3 is 1.03 bits per heavy atom. The molecule has 1 aliphatic heterocycles. The van der Waals surface area contributed by atoms with E-state index in [4.69, 9.17) is 9.31 Å². The van der Waals surface area contributed by atoms with E-state index in [1.807, 2.05) is 79.7 Å². The quantitative estimate of drug-likeness (QED) is 0.303. The van der Waals surface area contributed by atoms with Crippen LogP contribution in [-0.2, 0) is 20.5 Å². The van der Waals surface area contributed by atoms with Gasteiger partial charge in [0.15, 0.2) is 0 Å². The first kappa shape index (κ1) is 20.3. The van der Waals surface area contributed by atoms with Crippen molar-refractivity contribution in [2.75, 3.05) is 0 Å². The Labute approximate surface area is 190 Å². The first-order chi connectivity index (χ1) is 15.8. The van der Waals surface area contributed by atoms with Gasteiger partial charge < -0.3 is 9.31 Å². The van der Waals surface area contributed by atoms with Crippen LogP contribution < -0.4 is 0 Å². The Balaban J connectivity index is 1.94. The molecule has 3 heteroatoms. The van der Waals surface area contributed by atoms with Crippen LogP contribution in [0.5, 0.6) is 0 Å². The van der Waals surface area contributed by atoms with Crippen LogP contribution in [0.2, 0.25) is 0 Å². The Bertz CT molecular complexity index is 1060. The minimum Gasteiger partial charge on any atom is -0.383 e. The molecule has 4 aromatic carbocycles. The smallest absolute Gasteiger partial charge is 0.383 e. The standard InChI is InChI=1S/C29H23BO2/c1-2-23-30-31-28(24-15-7-3-8-16-24,25-17-9-4-10-18-25)29(32-30,26-19-11-5-12-20-26)27-21-13-6-14-22-27/h3-22H,1H3. The molecule has 32 heavy (non-hydrogen) atoms. The zero-order chi connectivity index (χ0) is 21.9. The van der Waals surface area contributed by atoms with Crippen molar-refractivity contribution in [3.8, 4) is 11.7 Å². The van der Waals surface area contributed by atoms with Crippen molar-refractivity contribution in [2.24, 2.45) is 0 Å². The van der Waals surface area contributed by atoms with Crippen molar-refractivity contribution < 1.29 is 9.31 Å². The lowest BCUT2D eigenvalue weighted by atomic mass is 9.66. The largest absolute Gasteiger partial charge is 0.552 e. The normalized spacial score (nSPS) is 16.2. The molecule has 0 amide bonds. The van der Waals surface area contributed by atoms with Crippen LogP contribution in [-0.4, -0.2) is 7.12 Å². The van der Waals surface area contributed by atoms with E-state index in [1.165, 1.54) is 0 Å². The molecule has 1 fully saturated rings. The Kier molecular flexibility index (Phi) is 5.41. The molecule has 0 saturated carbocycles. The first-order valence-electron chi connectivity index (χ1n) is 10.8. The summed E-state index contributed by atoms with van der Waals surface area (Å²) in [6.45, 7) is 1.81. The van der Waals surface area contributed by atoms with Crippen molar-refractivity contribution in [2.45, 2.75) is 18.1 Å². The van der Waals surface area contributed by atoms with Gasteiger partial charge in [-0.2, -0.15) is 0 Å². The van der Waals surface area contributed by atoms with Gasteiger partial charge in [0.2, 0.25) is 0 Å². The summed E-state index contributed by atoms with van der Waals surface area (Å²) in [6, 6.07) is 41.3. The molecule has 1 saturated heterocycles. The summed E-state index contributed by atoms with van der Waals surface area (Å²) in [5.74, 6) is 6.13. The third-order valence-electron chi connectivity index (χ3n) is 6.05. The molecule has 0 bridgehead atoms. The van der Waals surface area contributed by atoms with E-state index in [9.17, 15) is 0 Å². The van der Waals surface area contributed by atoms with Gasteiger partial charge in [-0.15, -0.1) is 5.92 Å². The van der Waals surface area contributed by atoms with Gasteiger partial charge in [-0.1, -0.05) is 127 Å². The third kappa shape index (κ3) is 3.08. The molecule has 154 valence electrons. The molecule has 5 rings (SSSR count). The molecular weight excluding hydrogens is 391 g/mol. The summed E-state index contributed by atoms with van der Waals surface area (Å²) in [5.41, 5.74) is 2.15. The summed E-state index contributed by atoms with van der Waals surface area (Å²) in [4.78, 5) is 0. The molecule has 1 heterocycles. The molecule has 1 aliphatic rings. The maximum atomic E-state index is 6.89. The SMILES string of the molecule is CC#CB1OC(c2ccccc2)(c2ccccc2)C(c2ccccc2)(c2ccccc2)O1. The number of benzene rings is 4. The molecular formula is C29H23BO2. The Morgan fingerprint density at radius 1 is 0.500 bits per heavy atom. The maximum Gasteiger partial charge on any atom is 0.552 e. The molecule has 0 radical (unpaired) electrons. The molecule has 2 nitrogen and oxygen atoms in total. The Morgan fingerprint density at radius 2 is 0.781 bits per heavy atom. The molecule has 0 aliphatic carbocycles. The lowest BCUT2D eigenvalue weighted by Crippen LogP contribution is -2.48. The van der Waals surface area contributed by atoms with E-state index < -0.39 is 18.3 Å². The van der Waals surface area contributed by atoms with Gasteiger partial charge in [-0.25, -0.2) is 0 Å². The number of hydrogen-bond donors (Lipinski definition) is 0. The molecule has 0 spiro atoms. The second kappa shape index (κ2) is 8.51. The maximum absolute atomic E-state index is 6.89. The first-order valence-corrected chi connectivity index (χ1v) is 10.8. The van der Waals surface area contributed by atoms with E-state index in [1.54, 1.807) is 0 Å². The Hall–Kier alpha value is -3.58. The van der Waals surface area contributed by atoms with E-state index >= 15 is 0 Å². The van der Waals surface area contributed by atoms with Crippen molar-refractivity contribution in [3.63, 3.8) is 0 Å². The fraction of sp³-hybridized carbons (Fsp3) is 0.103. The highest BCUT2D eigenvalue weighted by Crippen LogP contribution is 2.58. The molecule has 0 unspecified atom stereocenters. The minimum atomic E-state index is -0.952. The van der Waals surface area contributed by atoms with Crippen LogP contribution in [0.3, 0.4) is 0 Å². The van der Waals surface area contributed by atoms with Gasteiger partial charge in [0.25, 0.3) is 0 Å². The highest BCUT2D eigenvalue weighted by atomic mass is 16.7. The van der Waals surface area contributed by atoms with Gasteiger partial charge in [0, 0.05) is 0 Å². The van der Waals surface area contributed by atoms with E-state index in [0.717, 1.165) is 22.3 Å². The second-order valence-electron chi connectivity index (χ2n) is 7.79. The number of rotatable bonds is 4. The van der Waals surface area contributed by atoms with Crippen molar-refractivity contribution in [1.29, 1.82) is 0 Å².